The molecule has 0 saturated heterocycles. The summed E-state index contributed by atoms with van der Waals surface area (Å²) in [5.74, 6) is 0.851. The largest absolute Gasteiger partial charge is 0.366 e. The van der Waals surface area contributed by atoms with E-state index >= 15 is 0 Å². The molecular weight excluding hydrogens is 348 g/mol. The molecule has 0 radical (unpaired) electrons. The predicted molar refractivity (Wildman–Crippen MR) is 105 cm³/mol. The van der Waals surface area contributed by atoms with Crippen molar-refractivity contribution in [2.24, 2.45) is 0 Å². The lowest BCUT2D eigenvalue weighted by atomic mass is 10.2. The van der Waals surface area contributed by atoms with Gasteiger partial charge in [-0.15, -0.1) is 0 Å². The Hall–Kier alpha value is -2.92. The molecule has 0 unspecified atom stereocenters. The summed E-state index contributed by atoms with van der Waals surface area (Å²) in [4.78, 5) is 21.2. The number of hydrogen-bond acceptors (Lipinski definition) is 4. The first kappa shape index (κ1) is 17.9. The van der Waals surface area contributed by atoms with Crippen molar-refractivity contribution in [1.29, 1.82) is 0 Å². The lowest BCUT2D eigenvalue weighted by Gasteiger charge is -2.11. The first-order valence-corrected chi connectivity index (χ1v) is 8.60. The van der Waals surface area contributed by atoms with Crippen LogP contribution in [0.15, 0.2) is 54.6 Å². The molecule has 0 spiro atoms. The SMILES string of the molecule is Cc1nc(NCc2ccccc2)cc(C(=O)Nc2ccc(Cl)cc2C)n1. The number of nitrogens with one attached hydrogen (secondary N) is 2. The molecule has 5 nitrogen and oxygen atoms in total. The van der Waals surface area contributed by atoms with E-state index in [4.69, 9.17) is 11.6 Å². The van der Waals surface area contributed by atoms with Gasteiger partial charge in [0, 0.05) is 23.3 Å². The maximum Gasteiger partial charge on any atom is 0.274 e. The predicted octanol–water partition coefficient (Wildman–Crippen LogP) is 4.61. The van der Waals surface area contributed by atoms with E-state index in [1.807, 2.05) is 37.3 Å². The molecule has 0 aliphatic rings. The average molecular weight is 367 g/mol. The summed E-state index contributed by atoms with van der Waals surface area (Å²) >= 11 is 5.96. The Labute approximate surface area is 157 Å². The minimum atomic E-state index is -0.288. The van der Waals surface area contributed by atoms with Gasteiger partial charge in [0.15, 0.2) is 0 Å². The third kappa shape index (κ3) is 4.58. The molecule has 0 fully saturated rings. The van der Waals surface area contributed by atoms with Crippen LogP contribution < -0.4 is 10.6 Å². The number of carbonyl (C=O) groups is 1. The summed E-state index contributed by atoms with van der Waals surface area (Å²) < 4.78 is 0. The second kappa shape index (κ2) is 7.97. The number of aryl methyl sites for hydroxylation is 2. The fourth-order valence-electron chi connectivity index (χ4n) is 2.52. The molecule has 26 heavy (non-hydrogen) atoms. The Morgan fingerprint density at radius 1 is 1.04 bits per heavy atom. The van der Waals surface area contributed by atoms with Gasteiger partial charge in [0.1, 0.15) is 17.3 Å². The van der Waals surface area contributed by atoms with E-state index in [1.165, 1.54) is 0 Å². The van der Waals surface area contributed by atoms with Crippen LogP contribution in [-0.2, 0) is 6.54 Å². The van der Waals surface area contributed by atoms with Gasteiger partial charge in [0.25, 0.3) is 5.91 Å². The molecule has 0 saturated carbocycles. The number of aromatic nitrogens is 2. The van der Waals surface area contributed by atoms with E-state index < -0.39 is 0 Å². The molecule has 0 aliphatic heterocycles. The zero-order valence-electron chi connectivity index (χ0n) is 14.6. The minimum absolute atomic E-state index is 0.288. The number of benzene rings is 2. The van der Waals surface area contributed by atoms with Gasteiger partial charge in [-0.2, -0.15) is 0 Å². The van der Waals surface area contributed by atoms with Crippen LogP contribution in [0.3, 0.4) is 0 Å². The zero-order chi connectivity index (χ0) is 18.5. The van der Waals surface area contributed by atoms with Gasteiger partial charge in [-0.25, -0.2) is 9.97 Å². The van der Waals surface area contributed by atoms with Crippen molar-refractivity contribution in [2.45, 2.75) is 20.4 Å². The normalized spacial score (nSPS) is 10.4. The maximum absolute atomic E-state index is 12.6. The summed E-state index contributed by atoms with van der Waals surface area (Å²) in [5, 5.41) is 6.73. The van der Waals surface area contributed by atoms with E-state index in [0.29, 0.717) is 34.6 Å². The molecule has 132 valence electrons. The van der Waals surface area contributed by atoms with E-state index in [0.717, 1.165) is 11.1 Å². The van der Waals surface area contributed by atoms with E-state index in [2.05, 4.69) is 20.6 Å². The summed E-state index contributed by atoms with van der Waals surface area (Å²) in [7, 11) is 0. The average Bonchev–Trinajstić information content (AvgIpc) is 2.63. The van der Waals surface area contributed by atoms with Crippen molar-refractivity contribution in [3.63, 3.8) is 0 Å². The number of halogens is 1. The monoisotopic (exact) mass is 366 g/mol. The van der Waals surface area contributed by atoms with Gasteiger partial charge >= 0.3 is 0 Å². The highest BCUT2D eigenvalue weighted by atomic mass is 35.5. The Bertz CT molecular complexity index is 928. The fourth-order valence-corrected chi connectivity index (χ4v) is 2.74. The van der Waals surface area contributed by atoms with Crippen LogP contribution in [0.25, 0.3) is 0 Å². The fraction of sp³-hybridized carbons (Fsp3) is 0.150. The third-order valence-electron chi connectivity index (χ3n) is 3.82. The van der Waals surface area contributed by atoms with Crippen molar-refractivity contribution in [1.82, 2.24) is 9.97 Å². The first-order valence-electron chi connectivity index (χ1n) is 8.22. The Kier molecular flexibility index (Phi) is 5.49. The quantitative estimate of drug-likeness (QED) is 0.691. The van der Waals surface area contributed by atoms with Crippen LogP contribution in [-0.4, -0.2) is 15.9 Å². The lowest BCUT2D eigenvalue weighted by molar-refractivity contribution is 0.102. The summed E-state index contributed by atoms with van der Waals surface area (Å²) in [6.07, 6.45) is 0. The number of carbonyl (C=O) groups excluding carboxylic acids is 1. The molecule has 0 aliphatic carbocycles. The third-order valence-corrected chi connectivity index (χ3v) is 4.06. The number of anilines is 2. The molecule has 2 aromatic carbocycles. The zero-order valence-corrected chi connectivity index (χ0v) is 15.3. The standard InChI is InChI=1S/C20H19ClN4O/c1-13-10-16(21)8-9-17(13)25-20(26)18-11-19(24-14(2)23-18)22-12-15-6-4-3-5-7-15/h3-11H,12H2,1-2H3,(H,25,26)(H,22,23,24). The van der Waals surface area contributed by atoms with Crippen LogP contribution in [0.2, 0.25) is 5.02 Å². The van der Waals surface area contributed by atoms with Crippen molar-refractivity contribution < 1.29 is 4.79 Å². The second-order valence-corrected chi connectivity index (χ2v) is 6.37. The molecule has 3 rings (SSSR count). The van der Waals surface area contributed by atoms with E-state index in [-0.39, 0.29) is 5.91 Å². The molecular formula is C20H19ClN4O. The van der Waals surface area contributed by atoms with Crippen LogP contribution in [0, 0.1) is 13.8 Å². The van der Waals surface area contributed by atoms with Crippen molar-refractivity contribution >= 4 is 29.0 Å². The minimum Gasteiger partial charge on any atom is -0.366 e. The van der Waals surface area contributed by atoms with E-state index in [1.54, 1.807) is 31.2 Å². The van der Waals surface area contributed by atoms with E-state index in [9.17, 15) is 4.79 Å². The molecule has 1 heterocycles. The molecule has 0 bridgehead atoms. The smallest absolute Gasteiger partial charge is 0.274 e. The lowest BCUT2D eigenvalue weighted by Crippen LogP contribution is -2.16. The highest BCUT2D eigenvalue weighted by molar-refractivity contribution is 6.30. The molecule has 2 N–H and O–H groups in total. The molecule has 3 aromatic rings. The highest BCUT2D eigenvalue weighted by Gasteiger charge is 2.12. The van der Waals surface area contributed by atoms with Gasteiger partial charge in [0.05, 0.1) is 0 Å². The topological polar surface area (TPSA) is 66.9 Å². The second-order valence-electron chi connectivity index (χ2n) is 5.94. The van der Waals surface area contributed by atoms with Gasteiger partial charge < -0.3 is 10.6 Å². The highest BCUT2D eigenvalue weighted by Crippen LogP contribution is 2.20. The van der Waals surface area contributed by atoms with Crippen molar-refractivity contribution in [3.8, 4) is 0 Å². The molecule has 1 aromatic heterocycles. The Balaban J connectivity index is 1.75. The number of nitrogens with zero attached hydrogens (tertiary/aromatic N) is 2. The Morgan fingerprint density at radius 3 is 2.54 bits per heavy atom. The number of hydrogen-bond donors (Lipinski definition) is 2. The van der Waals surface area contributed by atoms with Gasteiger partial charge in [-0.3, -0.25) is 4.79 Å². The van der Waals surface area contributed by atoms with Crippen LogP contribution in [0.5, 0.6) is 0 Å². The summed E-state index contributed by atoms with van der Waals surface area (Å²) in [6.45, 7) is 4.27. The molecule has 0 atom stereocenters. The first-order chi connectivity index (χ1) is 12.5. The van der Waals surface area contributed by atoms with Crippen LogP contribution in [0.4, 0.5) is 11.5 Å². The van der Waals surface area contributed by atoms with Crippen LogP contribution in [0.1, 0.15) is 27.4 Å². The maximum atomic E-state index is 12.6. The summed E-state index contributed by atoms with van der Waals surface area (Å²) in [6, 6.07) is 17.0. The van der Waals surface area contributed by atoms with Crippen molar-refractivity contribution in [2.75, 3.05) is 10.6 Å². The Morgan fingerprint density at radius 2 is 1.81 bits per heavy atom. The molecule has 1 amide bonds. The van der Waals surface area contributed by atoms with Crippen molar-refractivity contribution in [3.05, 3.63) is 82.3 Å². The van der Waals surface area contributed by atoms with Gasteiger partial charge in [0.2, 0.25) is 0 Å². The molecule has 6 heteroatoms. The van der Waals surface area contributed by atoms with Gasteiger partial charge in [-0.05, 0) is 43.2 Å². The summed E-state index contributed by atoms with van der Waals surface area (Å²) in [5.41, 5.74) is 3.03. The number of amides is 1. The van der Waals surface area contributed by atoms with Gasteiger partial charge in [-0.1, -0.05) is 41.9 Å². The number of rotatable bonds is 5. The van der Waals surface area contributed by atoms with Crippen LogP contribution >= 0.6 is 11.6 Å².